The summed E-state index contributed by atoms with van der Waals surface area (Å²) in [6, 6.07) is 13.8. The van der Waals surface area contributed by atoms with Gasteiger partial charge in [0.1, 0.15) is 7.85 Å². The number of hydrogen-bond acceptors (Lipinski definition) is 0. The van der Waals surface area contributed by atoms with E-state index in [0.717, 1.165) is 5.56 Å². The van der Waals surface area contributed by atoms with Gasteiger partial charge in [-0.25, -0.2) is 0 Å². The Morgan fingerprint density at radius 3 is 1.69 bits per heavy atom. The van der Waals surface area contributed by atoms with Gasteiger partial charge < -0.3 is 0 Å². The lowest BCUT2D eigenvalue weighted by atomic mass is 9.77. The van der Waals surface area contributed by atoms with Crippen LogP contribution in [0.25, 0.3) is 21.5 Å². The number of hydrogen-bond donors (Lipinski definition) is 0. The SMILES string of the molecule is BC#Cc1c2ccc(C(C)(C)C)cc2c(B)c2ccc(C(C)(C)C)cc12. The normalized spacial score (nSPS) is 12.2. The van der Waals surface area contributed by atoms with Gasteiger partial charge in [-0.15, -0.1) is 0 Å². The van der Waals surface area contributed by atoms with Crippen LogP contribution in [-0.4, -0.2) is 15.7 Å². The fourth-order valence-electron chi connectivity index (χ4n) is 3.63. The van der Waals surface area contributed by atoms with E-state index in [1.54, 1.807) is 0 Å². The molecule has 0 bridgehead atoms. The van der Waals surface area contributed by atoms with Crippen LogP contribution in [0, 0.1) is 11.7 Å². The standard InChI is InChI=1S/C24H28B2/c1-23(2,3)15-8-10-19-20(13-15)18(11-12-25)17-9-7-16(24(4,5)6)14-21(17)22(19)26/h7-10,13-14H,25-26H2,1-6H3. The van der Waals surface area contributed by atoms with Gasteiger partial charge in [-0.3, -0.25) is 0 Å². The molecule has 3 rings (SSSR count). The topological polar surface area (TPSA) is 0 Å². The summed E-state index contributed by atoms with van der Waals surface area (Å²) in [6.45, 7) is 13.6. The van der Waals surface area contributed by atoms with Crippen LogP contribution in [0.2, 0.25) is 0 Å². The molecule has 0 aliphatic heterocycles. The Morgan fingerprint density at radius 2 is 1.19 bits per heavy atom. The Morgan fingerprint density at radius 1 is 0.692 bits per heavy atom. The molecule has 26 heavy (non-hydrogen) atoms. The van der Waals surface area contributed by atoms with Gasteiger partial charge in [0.15, 0.2) is 7.85 Å². The summed E-state index contributed by atoms with van der Waals surface area (Å²) in [5.41, 5.74) is 5.51. The maximum atomic E-state index is 3.41. The van der Waals surface area contributed by atoms with Crippen molar-refractivity contribution in [2.45, 2.75) is 52.4 Å². The summed E-state index contributed by atoms with van der Waals surface area (Å²) in [5.74, 6) is 6.55. The highest BCUT2D eigenvalue weighted by Crippen LogP contribution is 2.33. The first-order valence-electron chi connectivity index (χ1n) is 9.48. The van der Waals surface area contributed by atoms with Gasteiger partial charge >= 0.3 is 0 Å². The molecular formula is C24H28B2. The third-order valence-electron chi connectivity index (χ3n) is 5.37. The van der Waals surface area contributed by atoms with Gasteiger partial charge in [0.05, 0.1) is 0 Å². The molecule has 0 aliphatic carbocycles. The largest absolute Gasteiger partial charge is 0.196 e. The molecule has 0 aliphatic rings. The van der Waals surface area contributed by atoms with Crippen molar-refractivity contribution in [2.75, 3.05) is 0 Å². The molecule has 0 saturated heterocycles. The number of benzene rings is 3. The van der Waals surface area contributed by atoms with E-state index in [1.807, 2.05) is 7.85 Å². The highest BCUT2D eigenvalue weighted by Gasteiger charge is 2.19. The Kier molecular flexibility index (Phi) is 4.48. The van der Waals surface area contributed by atoms with Crippen molar-refractivity contribution >= 4 is 42.7 Å². The minimum atomic E-state index is 0.129. The fraction of sp³-hybridized carbons (Fsp3) is 0.333. The zero-order valence-electron chi connectivity index (χ0n) is 17.5. The summed E-state index contributed by atoms with van der Waals surface area (Å²) in [7, 11) is 4.17. The molecule has 3 aromatic rings. The minimum Gasteiger partial charge on any atom is -0.160 e. The Labute approximate surface area is 160 Å². The van der Waals surface area contributed by atoms with Gasteiger partial charge in [-0.05, 0) is 49.6 Å². The second kappa shape index (κ2) is 6.24. The van der Waals surface area contributed by atoms with Crippen molar-refractivity contribution in [3.8, 4) is 11.7 Å². The first-order valence-corrected chi connectivity index (χ1v) is 9.48. The van der Waals surface area contributed by atoms with Gasteiger partial charge in [-0.1, -0.05) is 83.3 Å². The molecule has 0 N–H and O–H groups in total. The number of fused-ring (bicyclic) bond motifs is 2. The molecule has 0 heterocycles. The summed E-state index contributed by atoms with van der Waals surface area (Å²) >= 11 is 0. The van der Waals surface area contributed by atoms with Crippen molar-refractivity contribution in [2.24, 2.45) is 0 Å². The predicted molar refractivity (Wildman–Crippen MR) is 122 cm³/mol. The van der Waals surface area contributed by atoms with Crippen molar-refractivity contribution in [3.63, 3.8) is 0 Å². The molecule has 2 heteroatoms. The average Bonchev–Trinajstić information content (AvgIpc) is 2.56. The molecular weight excluding hydrogens is 310 g/mol. The molecule has 0 spiro atoms. The Balaban J connectivity index is 2.48. The first-order chi connectivity index (χ1) is 12.0. The molecule has 3 aromatic carbocycles. The molecule has 0 unspecified atom stereocenters. The van der Waals surface area contributed by atoms with Gasteiger partial charge in [0, 0.05) is 5.56 Å². The maximum Gasteiger partial charge on any atom is 0.196 e. The molecule has 0 amide bonds. The van der Waals surface area contributed by atoms with Gasteiger partial charge in [-0.2, -0.15) is 5.82 Å². The molecule has 0 aromatic heterocycles. The second-order valence-corrected chi connectivity index (χ2v) is 9.40. The van der Waals surface area contributed by atoms with Crippen LogP contribution < -0.4 is 5.46 Å². The van der Waals surface area contributed by atoms with Crippen molar-refractivity contribution in [1.29, 1.82) is 0 Å². The van der Waals surface area contributed by atoms with Crippen LogP contribution in [0.15, 0.2) is 36.4 Å². The third-order valence-corrected chi connectivity index (χ3v) is 5.37. The lowest BCUT2D eigenvalue weighted by Crippen LogP contribution is -2.15. The van der Waals surface area contributed by atoms with Crippen LogP contribution >= 0.6 is 0 Å². The van der Waals surface area contributed by atoms with E-state index in [4.69, 9.17) is 0 Å². The molecule has 0 radical (unpaired) electrons. The molecule has 0 atom stereocenters. The van der Waals surface area contributed by atoms with Crippen molar-refractivity contribution in [3.05, 3.63) is 53.1 Å². The molecule has 0 fully saturated rings. The van der Waals surface area contributed by atoms with Crippen molar-refractivity contribution in [1.82, 2.24) is 0 Å². The summed E-state index contributed by atoms with van der Waals surface area (Å²) in [4.78, 5) is 0. The minimum absolute atomic E-state index is 0.129. The average molecular weight is 338 g/mol. The molecule has 0 saturated carbocycles. The fourth-order valence-corrected chi connectivity index (χ4v) is 3.63. The van der Waals surface area contributed by atoms with Crippen LogP contribution in [0.3, 0.4) is 0 Å². The van der Waals surface area contributed by atoms with E-state index in [-0.39, 0.29) is 10.8 Å². The Hall–Kier alpha value is -2.13. The maximum absolute atomic E-state index is 3.41. The lowest BCUT2D eigenvalue weighted by molar-refractivity contribution is 0.590. The quantitative estimate of drug-likeness (QED) is 0.332. The number of rotatable bonds is 0. The zero-order valence-corrected chi connectivity index (χ0v) is 17.5. The van der Waals surface area contributed by atoms with E-state index in [0.29, 0.717) is 0 Å². The molecule has 0 nitrogen and oxygen atoms in total. The van der Waals surface area contributed by atoms with Crippen LogP contribution in [0.4, 0.5) is 0 Å². The van der Waals surface area contributed by atoms with E-state index in [2.05, 4.69) is 97.5 Å². The van der Waals surface area contributed by atoms with Crippen LogP contribution in [0.1, 0.15) is 58.2 Å². The lowest BCUT2D eigenvalue weighted by Gasteiger charge is -2.23. The van der Waals surface area contributed by atoms with Crippen molar-refractivity contribution < 1.29 is 0 Å². The van der Waals surface area contributed by atoms with Gasteiger partial charge in [0.2, 0.25) is 0 Å². The first kappa shape index (κ1) is 18.7. The monoisotopic (exact) mass is 338 g/mol. The van der Waals surface area contributed by atoms with Gasteiger partial charge in [0.25, 0.3) is 0 Å². The highest BCUT2D eigenvalue weighted by molar-refractivity contribution is 6.46. The highest BCUT2D eigenvalue weighted by atomic mass is 14.2. The van der Waals surface area contributed by atoms with E-state index >= 15 is 0 Å². The second-order valence-electron chi connectivity index (χ2n) is 9.40. The molecule has 130 valence electrons. The van der Waals surface area contributed by atoms with E-state index in [9.17, 15) is 0 Å². The zero-order chi connectivity index (χ0) is 19.3. The summed E-state index contributed by atoms with van der Waals surface area (Å²) in [5, 5.41) is 5.18. The Bertz CT molecular complexity index is 1070. The predicted octanol–water partition coefficient (Wildman–Crippen LogP) is 3.79. The summed E-state index contributed by atoms with van der Waals surface area (Å²) < 4.78 is 0. The van der Waals surface area contributed by atoms with E-state index < -0.39 is 0 Å². The third kappa shape index (κ3) is 3.16. The summed E-state index contributed by atoms with van der Waals surface area (Å²) in [6.07, 6.45) is 0. The van der Waals surface area contributed by atoms with E-state index in [1.165, 1.54) is 38.1 Å². The van der Waals surface area contributed by atoms with Crippen LogP contribution in [0.5, 0.6) is 0 Å². The van der Waals surface area contributed by atoms with Crippen LogP contribution in [-0.2, 0) is 10.8 Å². The smallest absolute Gasteiger partial charge is 0.160 e.